The zero-order valence-corrected chi connectivity index (χ0v) is 19.0. The number of halogens is 6. The highest BCUT2D eigenvalue weighted by Gasteiger charge is 2.33. The summed E-state index contributed by atoms with van der Waals surface area (Å²) in [4.78, 5) is 0. The normalized spacial score (nSPS) is 14.9. The third-order valence-corrected chi connectivity index (χ3v) is 5.59. The fourth-order valence-electron chi connectivity index (χ4n) is 3.88. The van der Waals surface area contributed by atoms with E-state index in [-0.39, 0.29) is 16.5 Å². The van der Waals surface area contributed by atoms with E-state index in [1.54, 1.807) is 0 Å². The van der Waals surface area contributed by atoms with Gasteiger partial charge in [0.05, 0.1) is 11.1 Å². The van der Waals surface area contributed by atoms with Crippen molar-refractivity contribution in [2.45, 2.75) is 52.9 Å². The van der Waals surface area contributed by atoms with Crippen LogP contribution >= 0.6 is 0 Å². The van der Waals surface area contributed by atoms with Gasteiger partial charge in [-0.25, -0.2) is 0 Å². The van der Waals surface area contributed by atoms with Gasteiger partial charge in [-0.15, -0.1) is 0 Å². The summed E-state index contributed by atoms with van der Waals surface area (Å²) in [6.45, 7) is 8.06. The third kappa shape index (κ3) is 5.60. The summed E-state index contributed by atoms with van der Waals surface area (Å²) in [7, 11) is 0. The second-order valence-corrected chi connectivity index (χ2v) is 9.22. The summed E-state index contributed by atoms with van der Waals surface area (Å²) in [5.41, 5.74) is 1.47. The predicted octanol–water partition coefficient (Wildman–Crippen LogP) is 9.24. The lowest BCUT2D eigenvalue weighted by Crippen LogP contribution is -2.07. The molecule has 0 aromatic heterocycles. The molecule has 1 aliphatic rings. The maximum absolute atomic E-state index is 13.5. The van der Waals surface area contributed by atoms with Crippen LogP contribution in [-0.2, 0) is 12.4 Å². The highest BCUT2D eigenvalue weighted by molar-refractivity contribution is 5.88. The van der Waals surface area contributed by atoms with Crippen LogP contribution in [0.4, 0.5) is 26.3 Å². The molecule has 0 radical (unpaired) electrons. The van der Waals surface area contributed by atoms with Crippen LogP contribution in [0.15, 0.2) is 77.4 Å². The number of hydrogen-bond acceptors (Lipinski definition) is 0. The van der Waals surface area contributed by atoms with Crippen LogP contribution in [0.5, 0.6) is 0 Å². The van der Waals surface area contributed by atoms with E-state index in [9.17, 15) is 26.3 Å². The highest BCUT2D eigenvalue weighted by Crippen LogP contribution is 2.43. The van der Waals surface area contributed by atoms with Gasteiger partial charge in [-0.05, 0) is 69.5 Å². The fourth-order valence-corrected chi connectivity index (χ4v) is 3.88. The van der Waals surface area contributed by atoms with E-state index >= 15 is 0 Å². The van der Waals surface area contributed by atoms with Crippen molar-refractivity contribution in [3.05, 3.63) is 99.7 Å². The molecule has 0 N–H and O–H groups in total. The van der Waals surface area contributed by atoms with E-state index in [0.717, 1.165) is 41.8 Å². The molecule has 176 valence electrons. The van der Waals surface area contributed by atoms with E-state index < -0.39 is 23.5 Å². The first-order valence-corrected chi connectivity index (χ1v) is 10.7. The molecule has 6 heteroatoms. The second kappa shape index (κ2) is 8.88. The monoisotopic (exact) mass is 464 g/mol. The van der Waals surface area contributed by atoms with Gasteiger partial charge >= 0.3 is 12.4 Å². The van der Waals surface area contributed by atoms with Gasteiger partial charge in [0, 0.05) is 0 Å². The molecule has 0 nitrogen and oxygen atoms in total. The molecule has 0 spiro atoms. The van der Waals surface area contributed by atoms with Crippen molar-refractivity contribution in [3.8, 4) is 0 Å². The van der Waals surface area contributed by atoms with Gasteiger partial charge in [0.15, 0.2) is 0 Å². The lowest BCUT2D eigenvalue weighted by molar-refractivity contribution is -0.138. The molecule has 0 saturated carbocycles. The molecule has 0 amide bonds. The third-order valence-electron chi connectivity index (χ3n) is 5.59. The van der Waals surface area contributed by atoms with Crippen molar-refractivity contribution in [1.82, 2.24) is 0 Å². The molecule has 33 heavy (non-hydrogen) atoms. The second-order valence-electron chi connectivity index (χ2n) is 9.22. The van der Waals surface area contributed by atoms with Crippen LogP contribution in [0.3, 0.4) is 0 Å². The minimum Gasteiger partial charge on any atom is -0.166 e. The standard InChI is InChI=1S/C27H26F6/c1-5-8-17-13-22(25(2,3)4)16-23(17)24(18-9-6-11-20(14-18)26(28,29)30)19-10-7-12-21(15-19)27(31,32)33/h6-7,9-16H,5,8H2,1-4H3. The minimum absolute atomic E-state index is 0.229. The summed E-state index contributed by atoms with van der Waals surface area (Å²) in [5, 5.41) is 0. The van der Waals surface area contributed by atoms with Gasteiger partial charge in [-0.2, -0.15) is 26.3 Å². The Kier molecular flexibility index (Phi) is 6.69. The Morgan fingerprint density at radius 3 is 1.61 bits per heavy atom. The van der Waals surface area contributed by atoms with E-state index in [4.69, 9.17) is 0 Å². The topological polar surface area (TPSA) is 0 Å². The van der Waals surface area contributed by atoms with Crippen LogP contribution in [0.2, 0.25) is 0 Å². The molecule has 0 aliphatic heterocycles. The molecule has 0 bridgehead atoms. The zero-order chi connectivity index (χ0) is 24.6. The average molecular weight is 464 g/mol. The zero-order valence-electron chi connectivity index (χ0n) is 19.0. The lowest BCUT2D eigenvalue weighted by atomic mass is 9.86. The van der Waals surface area contributed by atoms with Gasteiger partial charge in [0.2, 0.25) is 0 Å². The van der Waals surface area contributed by atoms with Crippen molar-refractivity contribution < 1.29 is 26.3 Å². The summed E-state index contributed by atoms with van der Waals surface area (Å²) in [6, 6.07) is 9.56. The molecule has 0 fully saturated rings. The molecule has 0 unspecified atom stereocenters. The first kappa shape index (κ1) is 24.9. The molecule has 0 saturated heterocycles. The summed E-state index contributed by atoms with van der Waals surface area (Å²) in [5.74, 6) is 0. The molecule has 2 aromatic carbocycles. The van der Waals surface area contributed by atoms with E-state index in [0.29, 0.717) is 17.6 Å². The van der Waals surface area contributed by atoms with Crippen LogP contribution < -0.4 is 0 Å². The first-order valence-electron chi connectivity index (χ1n) is 10.7. The van der Waals surface area contributed by atoms with Crippen molar-refractivity contribution in [1.29, 1.82) is 0 Å². The Balaban J connectivity index is 2.36. The minimum atomic E-state index is -4.57. The average Bonchev–Trinajstić information content (AvgIpc) is 3.12. The van der Waals surface area contributed by atoms with Gasteiger partial charge in [0.1, 0.15) is 0 Å². The molecule has 2 aromatic rings. The Bertz CT molecular complexity index is 1060. The first-order chi connectivity index (χ1) is 15.2. The Morgan fingerprint density at radius 1 is 0.727 bits per heavy atom. The lowest BCUT2D eigenvalue weighted by Gasteiger charge is -2.19. The Hall–Kier alpha value is -2.76. The van der Waals surface area contributed by atoms with Gasteiger partial charge in [-0.3, -0.25) is 0 Å². The van der Waals surface area contributed by atoms with Crippen molar-refractivity contribution in [3.63, 3.8) is 0 Å². The maximum atomic E-state index is 13.5. The molecule has 0 heterocycles. The SMILES string of the molecule is CCCC1=CC(C(C)(C)C)=CC1=C(c1cccc(C(F)(F)F)c1)c1cccc(C(F)(F)F)c1. The predicted molar refractivity (Wildman–Crippen MR) is 119 cm³/mol. The molecule has 3 rings (SSSR count). The van der Waals surface area contributed by atoms with Gasteiger partial charge < -0.3 is 0 Å². The molecular formula is C27H26F6. The van der Waals surface area contributed by atoms with E-state index in [2.05, 4.69) is 0 Å². The van der Waals surface area contributed by atoms with E-state index in [1.165, 1.54) is 24.3 Å². The number of benzene rings is 2. The summed E-state index contributed by atoms with van der Waals surface area (Å²) < 4.78 is 80.8. The molecular weight excluding hydrogens is 438 g/mol. The Morgan fingerprint density at radius 2 is 1.21 bits per heavy atom. The van der Waals surface area contributed by atoms with Crippen LogP contribution in [-0.4, -0.2) is 0 Å². The van der Waals surface area contributed by atoms with Crippen molar-refractivity contribution in [2.75, 3.05) is 0 Å². The number of alkyl halides is 6. The fraction of sp³-hybridized carbons (Fsp3) is 0.333. The van der Waals surface area contributed by atoms with Crippen molar-refractivity contribution in [2.24, 2.45) is 5.41 Å². The quantitative estimate of drug-likeness (QED) is 0.396. The molecule has 1 aliphatic carbocycles. The van der Waals surface area contributed by atoms with Crippen LogP contribution in [0.25, 0.3) is 5.57 Å². The number of hydrogen-bond donors (Lipinski definition) is 0. The van der Waals surface area contributed by atoms with Gasteiger partial charge in [-0.1, -0.05) is 70.5 Å². The van der Waals surface area contributed by atoms with Crippen LogP contribution in [0, 0.1) is 5.41 Å². The summed E-state index contributed by atoms with van der Waals surface area (Å²) >= 11 is 0. The Labute approximate surface area is 190 Å². The summed E-state index contributed by atoms with van der Waals surface area (Å²) in [6.07, 6.45) is -3.76. The molecule has 0 atom stereocenters. The maximum Gasteiger partial charge on any atom is 0.416 e. The van der Waals surface area contributed by atoms with Crippen LogP contribution in [0.1, 0.15) is 62.8 Å². The highest BCUT2D eigenvalue weighted by atomic mass is 19.4. The smallest absolute Gasteiger partial charge is 0.166 e. The van der Waals surface area contributed by atoms with Crippen molar-refractivity contribution >= 4 is 5.57 Å². The number of rotatable bonds is 4. The van der Waals surface area contributed by atoms with Gasteiger partial charge in [0.25, 0.3) is 0 Å². The van der Waals surface area contributed by atoms with E-state index in [1.807, 2.05) is 39.8 Å². The number of allylic oxidation sites excluding steroid dienone is 5. The largest absolute Gasteiger partial charge is 0.416 e.